The van der Waals surface area contributed by atoms with Gasteiger partial charge in [0.05, 0.1) is 6.54 Å². The molecule has 6 heteroatoms. The standard InChI is InChI=1S/C11H13N3O3/c1-7(15)14-9-4-2-3-8(5-9)11(17)13-6-10(12)16/h2-5H,6H2,1H3,(H2,12,16)(H,13,17)(H,14,15). The highest BCUT2D eigenvalue weighted by atomic mass is 16.2. The Labute approximate surface area is 98.2 Å². The highest BCUT2D eigenvalue weighted by molar-refractivity contribution is 5.98. The summed E-state index contributed by atoms with van der Waals surface area (Å²) in [6, 6.07) is 6.37. The van der Waals surface area contributed by atoms with E-state index in [1.807, 2.05) is 0 Å². The molecular formula is C11H13N3O3. The predicted octanol–water partition coefficient (Wildman–Crippen LogP) is -0.140. The van der Waals surface area contributed by atoms with Gasteiger partial charge in [-0.1, -0.05) is 6.07 Å². The summed E-state index contributed by atoms with van der Waals surface area (Å²) in [4.78, 5) is 32.9. The smallest absolute Gasteiger partial charge is 0.251 e. The number of primary amides is 1. The molecule has 0 aliphatic rings. The van der Waals surface area contributed by atoms with Crippen molar-refractivity contribution in [3.8, 4) is 0 Å². The summed E-state index contributed by atoms with van der Waals surface area (Å²) in [5.74, 6) is -1.26. The molecule has 0 radical (unpaired) electrons. The van der Waals surface area contributed by atoms with Crippen molar-refractivity contribution in [1.82, 2.24) is 5.32 Å². The van der Waals surface area contributed by atoms with E-state index in [1.165, 1.54) is 13.0 Å². The van der Waals surface area contributed by atoms with E-state index in [0.29, 0.717) is 11.3 Å². The lowest BCUT2D eigenvalue weighted by Crippen LogP contribution is -2.33. The second-order valence-electron chi connectivity index (χ2n) is 3.41. The molecule has 0 saturated carbocycles. The lowest BCUT2D eigenvalue weighted by molar-refractivity contribution is -0.117. The zero-order chi connectivity index (χ0) is 12.8. The van der Waals surface area contributed by atoms with Crippen molar-refractivity contribution in [3.05, 3.63) is 29.8 Å². The second kappa shape index (κ2) is 5.64. The Morgan fingerprint density at radius 3 is 2.59 bits per heavy atom. The fourth-order valence-corrected chi connectivity index (χ4v) is 1.21. The van der Waals surface area contributed by atoms with Crippen molar-refractivity contribution >= 4 is 23.4 Å². The molecule has 0 saturated heterocycles. The van der Waals surface area contributed by atoms with Gasteiger partial charge < -0.3 is 16.4 Å². The highest BCUT2D eigenvalue weighted by Gasteiger charge is 2.07. The normalized spacial score (nSPS) is 9.47. The van der Waals surface area contributed by atoms with Gasteiger partial charge in [0.15, 0.2) is 0 Å². The molecule has 0 heterocycles. The van der Waals surface area contributed by atoms with Crippen LogP contribution in [0.4, 0.5) is 5.69 Å². The molecule has 0 aliphatic carbocycles. The van der Waals surface area contributed by atoms with Crippen LogP contribution in [-0.4, -0.2) is 24.3 Å². The van der Waals surface area contributed by atoms with Crippen molar-refractivity contribution in [3.63, 3.8) is 0 Å². The predicted molar refractivity (Wildman–Crippen MR) is 62.3 cm³/mol. The van der Waals surface area contributed by atoms with Crippen molar-refractivity contribution in [2.75, 3.05) is 11.9 Å². The van der Waals surface area contributed by atoms with Crippen molar-refractivity contribution in [1.29, 1.82) is 0 Å². The number of nitrogens with two attached hydrogens (primary N) is 1. The molecule has 0 atom stereocenters. The first kappa shape index (κ1) is 12.7. The van der Waals surface area contributed by atoms with E-state index in [-0.39, 0.29) is 12.5 Å². The maximum Gasteiger partial charge on any atom is 0.251 e. The van der Waals surface area contributed by atoms with E-state index in [2.05, 4.69) is 10.6 Å². The van der Waals surface area contributed by atoms with Crippen LogP contribution in [0.15, 0.2) is 24.3 Å². The Morgan fingerprint density at radius 2 is 2.00 bits per heavy atom. The van der Waals surface area contributed by atoms with Gasteiger partial charge in [-0.3, -0.25) is 14.4 Å². The number of carbonyl (C=O) groups is 3. The van der Waals surface area contributed by atoms with Crippen LogP contribution in [-0.2, 0) is 9.59 Å². The zero-order valence-electron chi connectivity index (χ0n) is 9.32. The summed E-state index contributed by atoms with van der Waals surface area (Å²) < 4.78 is 0. The lowest BCUT2D eigenvalue weighted by Gasteiger charge is -2.05. The fourth-order valence-electron chi connectivity index (χ4n) is 1.21. The van der Waals surface area contributed by atoms with E-state index in [4.69, 9.17) is 5.73 Å². The average Bonchev–Trinajstić information content (AvgIpc) is 2.25. The summed E-state index contributed by atoms with van der Waals surface area (Å²) in [7, 11) is 0. The second-order valence-corrected chi connectivity index (χ2v) is 3.41. The maximum atomic E-state index is 11.6. The van der Waals surface area contributed by atoms with Crippen LogP contribution in [0.1, 0.15) is 17.3 Å². The molecule has 6 nitrogen and oxygen atoms in total. The Bertz CT molecular complexity index is 457. The van der Waals surface area contributed by atoms with Gasteiger partial charge in [0.2, 0.25) is 11.8 Å². The number of hydrogen-bond donors (Lipinski definition) is 3. The van der Waals surface area contributed by atoms with Crippen LogP contribution in [0.5, 0.6) is 0 Å². The minimum atomic E-state index is -0.614. The monoisotopic (exact) mass is 235 g/mol. The fraction of sp³-hybridized carbons (Fsp3) is 0.182. The molecule has 0 bridgehead atoms. The number of anilines is 1. The SMILES string of the molecule is CC(=O)Nc1cccc(C(=O)NCC(N)=O)c1. The minimum absolute atomic E-state index is 0.219. The summed E-state index contributed by atoms with van der Waals surface area (Å²) in [5.41, 5.74) is 5.77. The molecule has 1 rings (SSSR count). The van der Waals surface area contributed by atoms with Gasteiger partial charge in [-0.2, -0.15) is 0 Å². The average molecular weight is 235 g/mol. The molecule has 90 valence electrons. The van der Waals surface area contributed by atoms with Crippen molar-refractivity contribution in [2.45, 2.75) is 6.92 Å². The summed E-state index contributed by atoms with van der Waals surface area (Å²) in [6.07, 6.45) is 0. The van der Waals surface area contributed by atoms with E-state index in [9.17, 15) is 14.4 Å². The molecule has 0 aromatic heterocycles. The summed E-state index contributed by atoms with van der Waals surface area (Å²) in [5, 5.41) is 4.91. The van der Waals surface area contributed by atoms with E-state index in [0.717, 1.165) is 0 Å². The molecule has 0 aliphatic heterocycles. The lowest BCUT2D eigenvalue weighted by atomic mass is 10.2. The highest BCUT2D eigenvalue weighted by Crippen LogP contribution is 2.10. The van der Waals surface area contributed by atoms with Crippen LogP contribution in [0.25, 0.3) is 0 Å². The van der Waals surface area contributed by atoms with Crippen LogP contribution < -0.4 is 16.4 Å². The van der Waals surface area contributed by atoms with E-state index < -0.39 is 11.8 Å². The van der Waals surface area contributed by atoms with Gasteiger partial charge in [0.25, 0.3) is 5.91 Å². The first-order valence-corrected chi connectivity index (χ1v) is 4.93. The number of rotatable bonds is 4. The minimum Gasteiger partial charge on any atom is -0.368 e. The molecule has 0 fully saturated rings. The third kappa shape index (κ3) is 4.33. The largest absolute Gasteiger partial charge is 0.368 e. The Hall–Kier alpha value is -2.37. The molecule has 0 unspecified atom stereocenters. The van der Waals surface area contributed by atoms with Crippen LogP contribution in [0, 0.1) is 0 Å². The van der Waals surface area contributed by atoms with Gasteiger partial charge in [0.1, 0.15) is 0 Å². The quantitative estimate of drug-likeness (QED) is 0.677. The van der Waals surface area contributed by atoms with Crippen molar-refractivity contribution < 1.29 is 14.4 Å². The van der Waals surface area contributed by atoms with Gasteiger partial charge in [-0.05, 0) is 18.2 Å². The van der Waals surface area contributed by atoms with Crippen LogP contribution in [0.3, 0.4) is 0 Å². The zero-order valence-corrected chi connectivity index (χ0v) is 9.32. The van der Waals surface area contributed by atoms with Crippen LogP contribution >= 0.6 is 0 Å². The molecule has 0 spiro atoms. The van der Waals surface area contributed by atoms with Crippen LogP contribution in [0.2, 0.25) is 0 Å². The van der Waals surface area contributed by atoms with E-state index >= 15 is 0 Å². The van der Waals surface area contributed by atoms with Gasteiger partial charge in [-0.15, -0.1) is 0 Å². The summed E-state index contributed by atoms with van der Waals surface area (Å²) >= 11 is 0. The number of hydrogen-bond acceptors (Lipinski definition) is 3. The topological polar surface area (TPSA) is 101 Å². The maximum absolute atomic E-state index is 11.6. The van der Waals surface area contributed by atoms with Gasteiger partial charge in [-0.25, -0.2) is 0 Å². The number of benzene rings is 1. The van der Waals surface area contributed by atoms with Crippen molar-refractivity contribution in [2.24, 2.45) is 5.73 Å². The number of amides is 3. The molecule has 3 amide bonds. The molecule has 4 N–H and O–H groups in total. The molecule has 17 heavy (non-hydrogen) atoms. The molecular weight excluding hydrogens is 222 g/mol. The Morgan fingerprint density at radius 1 is 1.29 bits per heavy atom. The summed E-state index contributed by atoms with van der Waals surface area (Å²) in [6.45, 7) is 1.16. The molecule has 1 aromatic carbocycles. The first-order chi connectivity index (χ1) is 7.99. The first-order valence-electron chi connectivity index (χ1n) is 4.93. The number of carbonyl (C=O) groups excluding carboxylic acids is 3. The Kier molecular flexibility index (Phi) is 4.21. The van der Waals surface area contributed by atoms with E-state index in [1.54, 1.807) is 18.2 Å². The third-order valence-electron chi connectivity index (χ3n) is 1.87. The third-order valence-corrected chi connectivity index (χ3v) is 1.87. The van der Waals surface area contributed by atoms with Gasteiger partial charge >= 0.3 is 0 Å². The Balaban J connectivity index is 2.73. The van der Waals surface area contributed by atoms with Gasteiger partial charge in [0, 0.05) is 18.2 Å². The molecule has 1 aromatic rings. The number of nitrogens with one attached hydrogen (secondary N) is 2.